The van der Waals surface area contributed by atoms with Crippen molar-refractivity contribution in [2.24, 2.45) is 0 Å². The second-order valence-corrected chi connectivity index (χ2v) is 6.23. The average molecular weight is 343 g/mol. The first-order valence-electron chi connectivity index (χ1n) is 8.82. The second kappa shape index (κ2) is 7.84. The number of hydrogen-bond acceptors (Lipinski definition) is 3. The first kappa shape index (κ1) is 17.7. The third-order valence-electron chi connectivity index (χ3n) is 4.59. The van der Waals surface area contributed by atoms with E-state index in [1.807, 2.05) is 55.5 Å². The lowest BCUT2D eigenvalue weighted by molar-refractivity contribution is -0.143. The Morgan fingerprint density at radius 3 is 2.54 bits per heavy atom. The largest absolute Gasteiger partial charge is 0.466 e. The lowest BCUT2D eigenvalue weighted by Crippen LogP contribution is -2.07. The van der Waals surface area contributed by atoms with Gasteiger partial charge in [-0.2, -0.15) is 5.26 Å². The van der Waals surface area contributed by atoms with Crippen LogP contribution in [-0.2, 0) is 16.0 Å². The summed E-state index contributed by atoms with van der Waals surface area (Å²) < 4.78 is 5.06. The molecule has 0 aliphatic heterocycles. The Morgan fingerprint density at radius 1 is 1.08 bits per heavy atom. The Labute approximate surface area is 153 Å². The van der Waals surface area contributed by atoms with E-state index in [0.717, 1.165) is 33.0 Å². The van der Waals surface area contributed by atoms with E-state index in [9.17, 15) is 10.1 Å². The predicted molar refractivity (Wildman–Crippen MR) is 104 cm³/mol. The highest BCUT2D eigenvalue weighted by Gasteiger charge is 2.17. The molecule has 3 aromatic carbocycles. The van der Waals surface area contributed by atoms with E-state index in [0.29, 0.717) is 18.6 Å². The van der Waals surface area contributed by atoms with Gasteiger partial charge in [0.25, 0.3) is 0 Å². The molecule has 3 heteroatoms. The van der Waals surface area contributed by atoms with E-state index in [4.69, 9.17) is 4.74 Å². The van der Waals surface area contributed by atoms with Crippen molar-refractivity contribution < 1.29 is 9.53 Å². The predicted octanol–water partition coefficient (Wildman–Crippen LogP) is 5.18. The molecule has 130 valence electrons. The summed E-state index contributed by atoms with van der Waals surface area (Å²) in [6.07, 6.45) is 0.756. The first-order valence-corrected chi connectivity index (χ1v) is 8.82. The van der Waals surface area contributed by atoms with Crippen LogP contribution in [0.1, 0.15) is 30.0 Å². The lowest BCUT2D eigenvalue weighted by atomic mass is 9.87. The zero-order valence-corrected chi connectivity index (χ0v) is 15.1. The Hall–Kier alpha value is -3.12. The molecule has 3 nitrogen and oxygen atoms in total. The van der Waals surface area contributed by atoms with Gasteiger partial charge >= 0.3 is 5.97 Å². The van der Waals surface area contributed by atoms with Crippen LogP contribution >= 0.6 is 0 Å². The average Bonchev–Trinajstić information content (AvgIpc) is 2.66. The summed E-state index contributed by atoms with van der Waals surface area (Å²) in [6, 6.07) is 20.5. The quantitative estimate of drug-likeness (QED) is 0.600. The summed E-state index contributed by atoms with van der Waals surface area (Å²) >= 11 is 0. The molecule has 3 aromatic rings. The van der Waals surface area contributed by atoms with Crippen LogP contribution in [0.5, 0.6) is 0 Å². The molecule has 26 heavy (non-hydrogen) atoms. The Bertz CT molecular complexity index is 999. The molecule has 0 amide bonds. The van der Waals surface area contributed by atoms with Gasteiger partial charge in [-0.25, -0.2) is 0 Å². The van der Waals surface area contributed by atoms with E-state index < -0.39 is 0 Å². The number of carbonyl (C=O) groups is 1. The molecule has 0 saturated carbocycles. The van der Waals surface area contributed by atoms with Gasteiger partial charge in [0, 0.05) is 12.0 Å². The fourth-order valence-corrected chi connectivity index (χ4v) is 3.36. The monoisotopic (exact) mass is 343 g/mol. The third kappa shape index (κ3) is 3.45. The van der Waals surface area contributed by atoms with Gasteiger partial charge in [-0.15, -0.1) is 0 Å². The van der Waals surface area contributed by atoms with Crippen molar-refractivity contribution in [1.29, 1.82) is 5.26 Å². The molecular weight excluding hydrogens is 322 g/mol. The molecule has 0 atom stereocenters. The normalized spacial score (nSPS) is 10.5. The number of esters is 1. The molecule has 0 aliphatic rings. The summed E-state index contributed by atoms with van der Waals surface area (Å²) in [5, 5.41) is 12.0. The van der Waals surface area contributed by atoms with Crippen LogP contribution in [0.4, 0.5) is 0 Å². The van der Waals surface area contributed by atoms with Crippen molar-refractivity contribution in [2.45, 2.75) is 26.7 Å². The number of nitrogens with zero attached hydrogens (tertiary/aromatic N) is 1. The number of fused-ring (bicyclic) bond motifs is 1. The topological polar surface area (TPSA) is 50.1 Å². The van der Waals surface area contributed by atoms with Crippen molar-refractivity contribution in [3.05, 3.63) is 71.3 Å². The van der Waals surface area contributed by atoms with Gasteiger partial charge in [0.2, 0.25) is 0 Å². The van der Waals surface area contributed by atoms with Crippen LogP contribution in [0.3, 0.4) is 0 Å². The van der Waals surface area contributed by atoms with Crippen molar-refractivity contribution in [3.63, 3.8) is 0 Å². The Morgan fingerprint density at radius 2 is 1.81 bits per heavy atom. The minimum atomic E-state index is -0.234. The molecule has 0 N–H and O–H groups in total. The highest BCUT2D eigenvalue weighted by molar-refractivity contribution is 5.94. The fraction of sp³-hybridized carbons (Fsp3) is 0.217. The SMILES string of the molecule is CCOC(=O)CCc1c(C#N)c(-c2ccccc2C)cc2ccccc12. The summed E-state index contributed by atoms with van der Waals surface area (Å²) in [6.45, 7) is 4.21. The highest BCUT2D eigenvalue weighted by Crippen LogP contribution is 2.34. The molecule has 0 radical (unpaired) electrons. The maximum Gasteiger partial charge on any atom is 0.306 e. The van der Waals surface area contributed by atoms with Crippen LogP contribution in [0.15, 0.2) is 54.6 Å². The van der Waals surface area contributed by atoms with Crippen LogP contribution < -0.4 is 0 Å². The van der Waals surface area contributed by atoms with Gasteiger partial charge in [-0.3, -0.25) is 4.79 Å². The van der Waals surface area contributed by atoms with E-state index in [2.05, 4.69) is 12.1 Å². The van der Waals surface area contributed by atoms with Crippen molar-refractivity contribution in [1.82, 2.24) is 0 Å². The summed E-state index contributed by atoms with van der Waals surface area (Å²) in [5.41, 5.74) is 4.64. The summed E-state index contributed by atoms with van der Waals surface area (Å²) in [4.78, 5) is 11.9. The molecule has 0 fully saturated rings. The van der Waals surface area contributed by atoms with Crippen LogP contribution in [0.2, 0.25) is 0 Å². The highest BCUT2D eigenvalue weighted by atomic mass is 16.5. The lowest BCUT2D eigenvalue weighted by Gasteiger charge is -2.15. The van der Waals surface area contributed by atoms with Crippen molar-refractivity contribution in [3.8, 4) is 17.2 Å². The van der Waals surface area contributed by atoms with Gasteiger partial charge in [0.05, 0.1) is 12.2 Å². The molecular formula is C23H21NO2. The zero-order valence-electron chi connectivity index (χ0n) is 15.1. The minimum absolute atomic E-state index is 0.234. The Balaban J connectivity index is 2.19. The van der Waals surface area contributed by atoms with E-state index in [-0.39, 0.29) is 12.4 Å². The number of nitriles is 1. The van der Waals surface area contributed by atoms with Crippen LogP contribution in [-0.4, -0.2) is 12.6 Å². The van der Waals surface area contributed by atoms with Gasteiger partial charge in [0.1, 0.15) is 6.07 Å². The maximum atomic E-state index is 11.9. The number of aryl methyl sites for hydroxylation is 2. The molecule has 3 rings (SSSR count). The van der Waals surface area contributed by atoms with Crippen molar-refractivity contribution >= 4 is 16.7 Å². The van der Waals surface area contributed by atoms with Crippen LogP contribution in [0.25, 0.3) is 21.9 Å². The van der Waals surface area contributed by atoms with E-state index in [1.54, 1.807) is 6.92 Å². The zero-order chi connectivity index (χ0) is 18.5. The molecule has 0 spiro atoms. The third-order valence-corrected chi connectivity index (χ3v) is 4.59. The Kier molecular flexibility index (Phi) is 5.34. The second-order valence-electron chi connectivity index (χ2n) is 6.23. The molecule has 0 bridgehead atoms. The van der Waals surface area contributed by atoms with Gasteiger partial charge < -0.3 is 4.74 Å². The van der Waals surface area contributed by atoms with Gasteiger partial charge in [0.15, 0.2) is 0 Å². The van der Waals surface area contributed by atoms with Crippen LogP contribution in [0, 0.1) is 18.3 Å². The molecule has 0 unspecified atom stereocenters. The first-order chi connectivity index (χ1) is 12.7. The number of benzene rings is 3. The van der Waals surface area contributed by atoms with E-state index >= 15 is 0 Å². The molecule has 0 saturated heterocycles. The minimum Gasteiger partial charge on any atom is -0.466 e. The maximum absolute atomic E-state index is 11.9. The fourth-order valence-electron chi connectivity index (χ4n) is 3.36. The summed E-state index contributed by atoms with van der Waals surface area (Å²) in [7, 11) is 0. The van der Waals surface area contributed by atoms with Gasteiger partial charge in [-0.1, -0.05) is 48.5 Å². The number of rotatable bonds is 5. The number of hydrogen-bond donors (Lipinski definition) is 0. The standard InChI is InChI=1S/C23H21NO2/c1-3-26-23(25)13-12-20-19-11-7-5-9-17(19)14-21(22(20)15-24)18-10-6-4-8-16(18)2/h4-11,14H,3,12-13H2,1-2H3. The van der Waals surface area contributed by atoms with Crippen molar-refractivity contribution in [2.75, 3.05) is 6.61 Å². The summed E-state index contributed by atoms with van der Waals surface area (Å²) in [5.74, 6) is -0.234. The molecule has 0 aromatic heterocycles. The molecule has 0 aliphatic carbocycles. The smallest absolute Gasteiger partial charge is 0.306 e. The number of carbonyl (C=O) groups excluding carboxylic acids is 1. The van der Waals surface area contributed by atoms with E-state index in [1.165, 1.54) is 0 Å². The molecule has 0 heterocycles. The number of ether oxygens (including phenoxy) is 1. The van der Waals surface area contributed by atoms with Gasteiger partial charge in [-0.05, 0) is 53.8 Å².